The van der Waals surface area contributed by atoms with Crippen LogP contribution in [0.1, 0.15) is 36.1 Å². The lowest BCUT2D eigenvalue weighted by Gasteiger charge is -2.22. The largest absolute Gasteiger partial charge is 0.0619 e. The van der Waals surface area contributed by atoms with Gasteiger partial charge in [-0.3, -0.25) is 0 Å². The molecule has 0 saturated heterocycles. The number of hydrogen-bond donors (Lipinski definition) is 0. The van der Waals surface area contributed by atoms with Gasteiger partial charge in [0.1, 0.15) is 0 Å². The highest BCUT2D eigenvalue weighted by Gasteiger charge is 2.35. The molecule has 0 heterocycles. The highest BCUT2D eigenvalue weighted by molar-refractivity contribution is 6.17. The van der Waals surface area contributed by atoms with Crippen molar-refractivity contribution in [1.82, 2.24) is 0 Å². The molecule has 0 bridgehead atoms. The molecule has 0 saturated carbocycles. The zero-order valence-corrected chi connectivity index (χ0v) is 29.5. The van der Waals surface area contributed by atoms with E-state index in [1.165, 1.54) is 110 Å². The third-order valence-corrected chi connectivity index (χ3v) is 11.7. The molecule has 0 aromatic heterocycles. The van der Waals surface area contributed by atoms with Crippen molar-refractivity contribution in [1.29, 1.82) is 0 Å². The van der Waals surface area contributed by atoms with Crippen LogP contribution in [-0.2, 0) is 5.41 Å². The van der Waals surface area contributed by atoms with Gasteiger partial charge in [0.2, 0.25) is 0 Å². The molecule has 0 aliphatic heterocycles. The monoisotopic (exact) mass is 650 g/mol. The van der Waals surface area contributed by atoms with Crippen LogP contribution in [0.2, 0.25) is 0 Å². The van der Waals surface area contributed by atoms with E-state index in [0.717, 1.165) is 0 Å². The first-order valence-corrected chi connectivity index (χ1v) is 18.1. The molecule has 0 fully saturated rings. The lowest BCUT2D eigenvalue weighted by Crippen LogP contribution is -2.14. The van der Waals surface area contributed by atoms with Crippen molar-refractivity contribution in [2.45, 2.75) is 33.1 Å². The summed E-state index contributed by atoms with van der Waals surface area (Å²) in [4.78, 5) is 0. The molecule has 1 aliphatic rings. The first kappa shape index (κ1) is 29.9. The van der Waals surface area contributed by atoms with Crippen molar-refractivity contribution in [2.75, 3.05) is 0 Å². The van der Waals surface area contributed by atoms with Gasteiger partial charge in [-0.25, -0.2) is 0 Å². The van der Waals surface area contributed by atoms with E-state index in [2.05, 4.69) is 185 Å². The van der Waals surface area contributed by atoms with Gasteiger partial charge in [0.15, 0.2) is 0 Å². The van der Waals surface area contributed by atoms with E-state index in [-0.39, 0.29) is 5.41 Å². The van der Waals surface area contributed by atoms with Gasteiger partial charge in [-0.15, -0.1) is 0 Å². The smallest absolute Gasteiger partial charge is 0.0159 e. The molecule has 242 valence electrons. The second-order valence-electron chi connectivity index (χ2n) is 15.0. The Labute approximate surface area is 299 Å². The number of benzene rings is 9. The maximum atomic E-state index is 2.44. The summed E-state index contributed by atoms with van der Waals surface area (Å²) >= 11 is 0. The Kier molecular flexibility index (Phi) is 6.45. The van der Waals surface area contributed by atoms with Crippen LogP contribution in [-0.4, -0.2) is 0 Å². The standard InChI is InChI=1S/C51H38/c1-31-25-35(33-23-24-46-45-17-9-10-22-48(45)51(3,4)49(46)30-33)27-37-28-36(26-32(2)50(31)37)39-18-11-20-42-41(39)19-12-21-44(42)47-29-34-13-5-6-14-38(34)40-15-7-8-16-43(40)47/h5-30H,1-4H3. The molecule has 0 amide bonds. The second-order valence-corrected chi connectivity index (χ2v) is 15.0. The summed E-state index contributed by atoms with van der Waals surface area (Å²) in [6, 6.07) is 59.2. The van der Waals surface area contributed by atoms with E-state index >= 15 is 0 Å². The highest BCUT2D eigenvalue weighted by atomic mass is 14.4. The van der Waals surface area contributed by atoms with Crippen molar-refractivity contribution < 1.29 is 0 Å². The third kappa shape index (κ3) is 4.46. The maximum Gasteiger partial charge on any atom is 0.0159 e. The summed E-state index contributed by atoms with van der Waals surface area (Å²) in [6.45, 7) is 9.26. The van der Waals surface area contributed by atoms with Crippen LogP contribution in [0.4, 0.5) is 0 Å². The summed E-state index contributed by atoms with van der Waals surface area (Å²) in [7, 11) is 0. The fraction of sp³-hybridized carbons (Fsp3) is 0.0980. The van der Waals surface area contributed by atoms with Gasteiger partial charge >= 0.3 is 0 Å². The summed E-state index contributed by atoms with van der Waals surface area (Å²) in [5.74, 6) is 0. The average molecular weight is 651 g/mol. The van der Waals surface area contributed by atoms with E-state index in [9.17, 15) is 0 Å². The van der Waals surface area contributed by atoms with Crippen molar-refractivity contribution >= 4 is 43.1 Å². The zero-order chi connectivity index (χ0) is 34.4. The summed E-state index contributed by atoms with van der Waals surface area (Å²) < 4.78 is 0. The van der Waals surface area contributed by atoms with Gasteiger partial charge in [-0.05, 0) is 148 Å². The van der Waals surface area contributed by atoms with Crippen LogP contribution >= 0.6 is 0 Å². The molecule has 9 aromatic carbocycles. The Morgan fingerprint density at radius 2 is 0.902 bits per heavy atom. The van der Waals surface area contributed by atoms with Gasteiger partial charge in [0.05, 0.1) is 0 Å². The zero-order valence-electron chi connectivity index (χ0n) is 29.5. The van der Waals surface area contributed by atoms with Crippen molar-refractivity contribution in [2.24, 2.45) is 0 Å². The van der Waals surface area contributed by atoms with E-state index in [0.29, 0.717) is 0 Å². The normalized spacial score (nSPS) is 13.3. The number of fused-ring (bicyclic) bond motifs is 8. The molecule has 10 rings (SSSR count). The van der Waals surface area contributed by atoms with Crippen LogP contribution in [0.5, 0.6) is 0 Å². The fourth-order valence-electron chi connectivity index (χ4n) is 9.26. The molecule has 51 heavy (non-hydrogen) atoms. The summed E-state index contributed by atoms with van der Waals surface area (Å²) in [6.07, 6.45) is 0. The molecule has 1 aliphatic carbocycles. The number of aryl methyl sites for hydroxylation is 2. The lowest BCUT2D eigenvalue weighted by atomic mass is 9.81. The lowest BCUT2D eigenvalue weighted by molar-refractivity contribution is 0.660. The van der Waals surface area contributed by atoms with Crippen molar-refractivity contribution in [3.05, 3.63) is 180 Å². The predicted molar refractivity (Wildman–Crippen MR) is 220 cm³/mol. The third-order valence-electron chi connectivity index (χ3n) is 11.7. The van der Waals surface area contributed by atoms with Crippen molar-refractivity contribution in [3.8, 4) is 44.5 Å². The minimum atomic E-state index is -0.0239. The number of hydrogen-bond acceptors (Lipinski definition) is 0. The number of rotatable bonds is 3. The minimum absolute atomic E-state index is 0.0239. The first-order valence-electron chi connectivity index (χ1n) is 18.1. The van der Waals surface area contributed by atoms with Crippen LogP contribution in [0.3, 0.4) is 0 Å². The molecule has 0 unspecified atom stereocenters. The van der Waals surface area contributed by atoms with Gasteiger partial charge in [0, 0.05) is 5.41 Å². The van der Waals surface area contributed by atoms with Crippen LogP contribution in [0.15, 0.2) is 158 Å². The SMILES string of the molecule is Cc1cc(-c2ccc3c(c2)C(C)(C)c2ccccc2-3)cc2cc(-c3cccc4c(-c5cc6ccccc6c6ccccc56)cccc34)cc(C)c12. The van der Waals surface area contributed by atoms with E-state index in [1.54, 1.807) is 0 Å². The summed E-state index contributed by atoms with van der Waals surface area (Å²) in [5.41, 5.74) is 15.8. The molecule has 9 aromatic rings. The molecule has 0 atom stereocenters. The highest BCUT2D eigenvalue weighted by Crippen LogP contribution is 2.50. The summed E-state index contributed by atoms with van der Waals surface area (Å²) in [5, 5.41) is 10.3. The Hall–Kier alpha value is -5.98. The predicted octanol–water partition coefficient (Wildman–Crippen LogP) is 14.2. The Morgan fingerprint density at radius 3 is 1.73 bits per heavy atom. The molecule has 0 radical (unpaired) electrons. The Balaban J connectivity index is 1.13. The van der Waals surface area contributed by atoms with E-state index in [1.807, 2.05) is 0 Å². The van der Waals surface area contributed by atoms with Gasteiger partial charge in [-0.2, -0.15) is 0 Å². The van der Waals surface area contributed by atoms with Gasteiger partial charge in [0.25, 0.3) is 0 Å². The van der Waals surface area contributed by atoms with Crippen LogP contribution < -0.4 is 0 Å². The molecular formula is C51H38. The molecule has 0 N–H and O–H groups in total. The molecule has 0 heteroatoms. The molecule has 0 nitrogen and oxygen atoms in total. The maximum absolute atomic E-state index is 2.44. The average Bonchev–Trinajstić information content (AvgIpc) is 3.39. The van der Waals surface area contributed by atoms with Crippen LogP contribution in [0, 0.1) is 13.8 Å². The van der Waals surface area contributed by atoms with Crippen LogP contribution in [0.25, 0.3) is 87.6 Å². The van der Waals surface area contributed by atoms with E-state index in [4.69, 9.17) is 0 Å². The minimum Gasteiger partial charge on any atom is -0.0619 e. The molecule has 0 spiro atoms. The molecular weight excluding hydrogens is 613 g/mol. The topological polar surface area (TPSA) is 0 Å². The van der Waals surface area contributed by atoms with Crippen molar-refractivity contribution in [3.63, 3.8) is 0 Å². The Bertz CT molecular complexity index is 2900. The first-order chi connectivity index (χ1) is 24.9. The van der Waals surface area contributed by atoms with Gasteiger partial charge < -0.3 is 0 Å². The fourth-order valence-corrected chi connectivity index (χ4v) is 9.26. The quantitative estimate of drug-likeness (QED) is 0.167. The second kappa shape index (κ2) is 11.0. The Morgan fingerprint density at radius 1 is 0.333 bits per heavy atom. The van der Waals surface area contributed by atoms with Gasteiger partial charge in [-0.1, -0.05) is 147 Å². The van der Waals surface area contributed by atoms with E-state index < -0.39 is 0 Å².